The van der Waals surface area contributed by atoms with Crippen LogP contribution in [0.25, 0.3) is 0 Å². The van der Waals surface area contributed by atoms with Crippen molar-refractivity contribution in [1.29, 1.82) is 0 Å². The van der Waals surface area contributed by atoms with Gasteiger partial charge in [-0.1, -0.05) is 19.8 Å². The lowest BCUT2D eigenvalue weighted by Crippen LogP contribution is -2.52. The van der Waals surface area contributed by atoms with Gasteiger partial charge in [-0.2, -0.15) is 0 Å². The summed E-state index contributed by atoms with van der Waals surface area (Å²) in [5.41, 5.74) is 0.513. The molecule has 1 heterocycles. The van der Waals surface area contributed by atoms with Crippen LogP contribution in [0.4, 0.5) is 0 Å². The SMILES string of the molecule is CCNC(=NCC(C)(C)N1CCOCC1)NCC1(C)CCCC1. The number of aliphatic imine (C=N–C) groups is 1. The lowest BCUT2D eigenvalue weighted by Gasteiger charge is -2.40. The van der Waals surface area contributed by atoms with Gasteiger partial charge in [0.2, 0.25) is 0 Å². The van der Waals surface area contributed by atoms with Crippen LogP contribution in [0.1, 0.15) is 53.4 Å². The number of hydrogen-bond donors (Lipinski definition) is 2. The molecule has 0 radical (unpaired) electrons. The maximum absolute atomic E-state index is 5.46. The van der Waals surface area contributed by atoms with E-state index in [2.05, 4.69) is 43.2 Å². The van der Waals surface area contributed by atoms with E-state index in [-0.39, 0.29) is 5.54 Å². The smallest absolute Gasteiger partial charge is 0.191 e. The fraction of sp³-hybridized carbons (Fsp3) is 0.944. The van der Waals surface area contributed by atoms with Gasteiger partial charge in [-0.05, 0) is 39.0 Å². The lowest BCUT2D eigenvalue weighted by atomic mass is 9.89. The second kappa shape index (κ2) is 8.34. The largest absolute Gasteiger partial charge is 0.379 e. The van der Waals surface area contributed by atoms with Crippen LogP contribution < -0.4 is 10.6 Å². The quantitative estimate of drug-likeness (QED) is 0.581. The van der Waals surface area contributed by atoms with E-state index in [1.807, 2.05) is 0 Å². The minimum absolute atomic E-state index is 0.0728. The molecular formula is C18H36N4O. The Morgan fingerprint density at radius 1 is 1.17 bits per heavy atom. The van der Waals surface area contributed by atoms with Gasteiger partial charge in [0.05, 0.1) is 19.8 Å². The van der Waals surface area contributed by atoms with Gasteiger partial charge in [0.25, 0.3) is 0 Å². The average molecular weight is 325 g/mol. The van der Waals surface area contributed by atoms with Crippen molar-refractivity contribution in [3.05, 3.63) is 0 Å². The summed E-state index contributed by atoms with van der Waals surface area (Å²) in [5.74, 6) is 0.960. The Hall–Kier alpha value is -0.810. The molecule has 0 aromatic carbocycles. The van der Waals surface area contributed by atoms with Gasteiger partial charge in [-0.3, -0.25) is 9.89 Å². The van der Waals surface area contributed by atoms with Gasteiger partial charge in [-0.15, -0.1) is 0 Å². The monoisotopic (exact) mass is 324 g/mol. The predicted octanol–water partition coefficient (Wildman–Crippen LogP) is 2.23. The van der Waals surface area contributed by atoms with Gasteiger partial charge in [0.1, 0.15) is 0 Å². The summed E-state index contributed by atoms with van der Waals surface area (Å²) < 4.78 is 5.46. The van der Waals surface area contributed by atoms with Crippen LogP contribution in [-0.4, -0.2) is 62.3 Å². The van der Waals surface area contributed by atoms with Crippen molar-refractivity contribution >= 4 is 5.96 Å². The summed E-state index contributed by atoms with van der Waals surface area (Å²) in [7, 11) is 0. The second-order valence-electron chi connectivity index (χ2n) is 7.98. The number of hydrogen-bond acceptors (Lipinski definition) is 3. The average Bonchev–Trinajstić information content (AvgIpc) is 2.98. The van der Waals surface area contributed by atoms with E-state index in [1.54, 1.807) is 0 Å². The fourth-order valence-electron chi connectivity index (χ4n) is 3.59. The van der Waals surface area contributed by atoms with E-state index in [0.29, 0.717) is 5.41 Å². The molecular weight excluding hydrogens is 288 g/mol. The van der Waals surface area contributed by atoms with Crippen molar-refractivity contribution in [3.63, 3.8) is 0 Å². The first-order valence-electron chi connectivity index (χ1n) is 9.30. The molecule has 0 spiro atoms. The topological polar surface area (TPSA) is 48.9 Å². The Labute approximate surface area is 142 Å². The Balaban J connectivity index is 1.88. The van der Waals surface area contributed by atoms with Gasteiger partial charge in [0.15, 0.2) is 5.96 Å². The molecule has 0 unspecified atom stereocenters. The zero-order valence-electron chi connectivity index (χ0n) is 15.6. The molecule has 2 rings (SSSR count). The normalized spacial score (nSPS) is 23.0. The standard InChI is InChI=1S/C18H36N4O/c1-5-19-16(21-15-18(4)8-6-7-9-18)20-14-17(2,3)22-10-12-23-13-11-22/h5-15H2,1-4H3,(H2,19,20,21). The maximum Gasteiger partial charge on any atom is 0.191 e. The van der Waals surface area contributed by atoms with Crippen LogP contribution in [0.15, 0.2) is 4.99 Å². The Kier molecular flexibility index (Phi) is 6.72. The van der Waals surface area contributed by atoms with Crippen LogP contribution in [0.5, 0.6) is 0 Å². The first-order valence-corrected chi connectivity index (χ1v) is 9.30. The Morgan fingerprint density at radius 3 is 2.43 bits per heavy atom. The van der Waals surface area contributed by atoms with Crippen LogP contribution in [-0.2, 0) is 4.74 Å². The van der Waals surface area contributed by atoms with Gasteiger partial charge < -0.3 is 15.4 Å². The van der Waals surface area contributed by atoms with Crippen LogP contribution in [0, 0.1) is 5.41 Å². The van der Waals surface area contributed by atoms with Crippen molar-refractivity contribution in [1.82, 2.24) is 15.5 Å². The molecule has 5 nitrogen and oxygen atoms in total. The molecule has 0 amide bonds. The van der Waals surface area contributed by atoms with Crippen molar-refractivity contribution in [3.8, 4) is 0 Å². The zero-order valence-corrected chi connectivity index (χ0v) is 15.6. The van der Waals surface area contributed by atoms with E-state index in [1.165, 1.54) is 25.7 Å². The highest BCUT2D eigenvalue weighted by Crippen LogP contribution is 2.36. The van der Waals surface area contributed by atoms with E-state index in [4.69, 9.17) is 9.73 Å². The first-order chi connectivity index (χ1) is 11.0. The first kappa shape index (κ1) is 18.5. The van der Waals surface area contributed by atoms with E-state index in [0.717, 1.165) is 51.9 Å². The van der Waals surface area contributed by atoms with Crippen LogP contribution >= 0.6 is 0 Å². The third kappa shape index (κ3) is 5.64. The lowest BCUT2D eigenvalue weighted by molar-refractivity contribution is -0.00684. The summed E-state index contributed by atoms with van der Waals surface area (Å²) in [6.07, 6.45) is 5.41. The van der Waals surface area contributed by atoms with Crippen molar-refractivity contribution < 1.29 is 4.74 Å². The molecule has 0 atom stereocenters. The third-order valence-electron chi connectivity index (χ3n) is 5.33. The fourth-order valence-corrected chi connectivity index (χ4v) is 3.59. The molecule has 2 aliphatic rings. The number of nitrogens with one attached hydrogen (secondary N) is 2. The van der Waals surface area contributed by atoms with Crippen LogP contribution in [0.2, 0.25) is 0 Å². The van der Waals surface area contributed by atoms with Crippen molar-refractivity contribution in [2.24, 2.45) is 10.4 Å². The highest BCUT2D eigenvalue weighted by atomic mass is 16.5. The molecule has 1 saturated heterocycles. The molecule has 1 aliphatic heterocycles. The van der Waals surface area contributed by atoms with Crippen LogP contribution in [0.3, 0.4) is 0 Å². The van der Waals surface area contributed by atoms with E-state index in [9.17, 15) is 0 Å². The van der Waals surface area contributed by atoms with E-state index < -0.39 is 0 Å². The Morgan fingerprint density at radius 2 is 1.83 bits per heavy atom. The molecule has 2 fully saturated rings. The molecule has 0 aromatic rings. The number of ether oxygens (including phenoxy) is 1. The molecule has 0 bridgehead atoms. The Bertz CT molecular complexity index is 382. The van der Waals surface area contributed by atoms with Crippen molar-refractivity contribution in [2.45, 2.75) is 58.9 Å². The number of morpholine rings is 1. The minimum atomic E-state index is 0.0728. The summed E-state index contributed by atoms with van der Waals surface area (Å²) in [4.78, 5) is 7.35. The highest BCUT2D eigenvalue weighted by molar-refractivity contribution is 5.79. The van der Waals surface area contributed by atoms with Gasteiger partial charge in [-0.25, -0.2) is 0 Å². The summed E-state index contributed by atoms with van der Waals surface area (Å²) >= 11 is 0. The molecule has 5 heteroatoms. The highest BCUT2D eigenvalue weighted by Gasteiger charge is 2.30. The molecule has 1 aliphatic carbocycles. The predicted molar refractivity (Wildman–Crippen MR) is 97.0 cm³/mol. The number of rotatable bonds is 6. The van der Waals surface area contributed by atoms with Crippen molar-refractivity contribution in [2.75, 3.05) is 45.9 Å². The third-order valence-corrected chi connectivity index (χ3v) is 5.33. The summed E-state index contributed by atoms with van der Waals surface area (Å²) in [5, 5.41) is 6.97. The number of nitrogens with zero attached hydrogens (tertiary/aromatic N) is 2. The molecule has 1 saturated carbocycles. The van der Waals surface area contributed by atoms with E-state index >= 15 is 0 Å². The minimum Gasteiger partial charge on any atom is -0.379 e. The molecule has 23 heavy (non-hydrogen) atoms. The number of guanidine groups is 1. The zero-order chi connectivity index (χ0) is 16.8. The molecule has 2 N–H and O–H groups in total. The molecule has 134 valence electrons. The van der Waals surface area contributed by atoms with Gasteiger partial charge >= 0.3 is 0 Å². The molecule has 0 aromatic heterocycles. The summed E-state index contributed by atoms with van der Waals surface area (Å²) in [6.45, 7) is 15.5. The summed E-state index contributed by atoms with van der Waals surface area (Å²) in [6, 6.07) is 0. The second-order valence-corrected chi connectivity index (χ2v) is 7.98. The maximum atomic E-state index is 5.46. The van der Waals surface area contributed by atoms with Gasteiger partial charge in [0, 0.05) is 31.7 Å².